The number of aryl methyl sites for hydroxylation is 1. The lowest BCUT2D eigenvalue weighted by Crippen LogP contribution is -2.26. The molecule has 1 saturated heterocycles. The highest BCUT2D eigenvalue weighted by atomic mass is 35.5. The zero-order chi connectivity index (χ0) is 21.1. The van der Waals surface area contributed by atoms with Crippen LogP contribution in [0.5, 0.6) is 0 Å². The molecule has 1 aliphatic rings. The van der Waals surface area contributed by atoms with Gasteiger partial charge in [0.1, 0.15) is 10.8 Å². The maximum atomic E-state index is 12.6. The van der Waals surface area contributed by atoms with E-state index in [0.717, 1.165) is 31.7 Å². The average Bonchev–Trinajstić information content (AvgIpc) is 3.35. The first kappa shape index (κ1) is 21.3. The summed E-state index contributed by atoms with van der Waals surface area (Å²) in [4.78, 5) is 6.71. The van der Waals surface area contributed by atoms with E-state index in [1.807, 2.05) is 0 Å². The van der Waals surface area contributed by atoms with E-state index in [9.17, 15) is 8.42 Å². The Labute approximate surface area is 186 Å². The largest absolute Gasteiger partial charge is 0.380 e. The van der Waals surface area contributed by atoms with Crippen LogP contribution in [-0.4, -0.2) is 37.4 Å². The molecule has 1 fully saturated rings. The summed E-state index contributed by atoms with van der Waals surface area (Å²) in [5, 5.41) is 6.25. The fourth-order valence-electron chi connectivity index (χ4n) is 3.76. The van der Waals surface area contributed by atoms with E-state index in [2.05, 4.69) is 46.4 Å². The number of sulfone groups is 1. The summed E-state index contributed by atoms with van der Waals surface area (Å²) in [5.74, 6) is -0.107. The standard InChI is InChI=1S/C22H24ClN3O2S2/c1-16-3-2-4-17(11-16)13-26-9-7-18(14-26)25-21-6-5-19(12-20(21)23)30(27,28)15-22-24-8-10-29-22/h2-6,8,10-12,18,25H,7,9,13-15H2,1H3/t18-/m1/s1. The first-order chi connectivity index (χ1) is 14.4. The molecular formula is C22H24ClN3O2S2. The fourth-order valence-corrected chi connectivity index (χ4v) is 6.34. The number of nitrogens with one attached hydrogen (secondary N) is 1. The maximum Gasteiger partial charge on any atom is 0.184 e. The molecule has 1 aliphatic heterocycles. The SMILES string of the molecule is Cc1cccc(CN2CC[C@@H](Nc3ccc(S(=O)(=O)Cc4nccs4)cc3Cl)C2)c1. The molecule has 4 rings (SSSR count). The van der Waals surface area contributed by atoms with Gasteiger partial charge in [0.15, 0.2) is 9.84 Å². The molecule has 1 atom stereocenters. The Morgan fingerprint density at radius 2 is 2.13 bits per heavy atom. The average molecular weight is 462 g/mol. The molecule has 5 nitrogen and oxygen atoms in total. The summed E-state index contributed by atoms with van der Waals surface area (Å²) in [5.41, 5.74) is 3.37. The Morgan fingerprint density at radius 1 is 1.27 bits per heavy atom. The fraction of sp³-hybridized carbons (Fsp3) is 0.318. The molecule has 0 bridgehead atoms. The first-order valence-corrected chi connectivity index (χ1v) is 12.8. The van der Waals surface area contributed by atoms with Gasteiger partial charge in [-0.25, -0.2) is 13.4 Å². The van der Waals surface area contributed by atoms with Gasteiger partial charge in [0, 0.05) is 37.3 Å². The van der Waals surface area contributed by atoms with Gasteiger partial charge in [-0.3, -0.25) is 4.90 Å². The summed E-state index contributed by atoms with van der Waals surface area (Å²) < 4.78 is 25.3. The van der Waals surface area contributed by atoms with Crippen LogP contribution in [0.25, 0.3) is 0 Å². The minimum atomic E-state index is -3.47. The number of rotatable bonds is 7. The van der Waals surface area contributed by atoms with E-state index in [4.69, 9.17) is 11.6 Å². The monoisotopic (exact) mass is 461 g/mol. The second-order valence-electron chi connectivity index (χ2n) is 7.68. The molecule has 2 aromatic carbocycles. The molecule has 0 amide bonds. The molecule has 8 heteroatoms. The van der Waals surface area contributed by atoms with Gasteiger partial charge in [-0.05, 0) is 37.1 Å². The summed E-state index contributed by atoms with van der Waals surface area (Å²) >= 11 is 7.76. The summed E-state index contributed by atoms with van der Waals surface area (Å²) in [7, 11) is -3.47. The Morgan fingerprint density at radius 3 is 2.87 bits per heavy atom. The highest BCUT2D eigenvalue weighted by molar-refractivity contribution is 7.90. The van der Waals surface area contributed by atoms with E-state index in [1.54, 1.807) is 23.7 Å². The molecule has 1 aromatic heterocycles. The van der Waals surface area contributed by atoms with Gasteiger partial charge in [-0.1, -0.05) is 41.4 Å². The lowest BCUT2D eigenvalue weighted by Gasteiger charge is -2.18. The highest BCUT2D eigenvalue weighted by Crippen LogP contribution is 2.29. The van der Waals surface area contributed by atoms with Crippen LogP contribution in [0.4, 0.5) is 5.69 Å². The predicted molar refractivity (Wildman–Crippen MR) is 123 cm³/mol. The quantitative estimate of drug-likeness (QED) is 0.549. The van der Waals surface area contributed by atoms with Crippen LogP contribution >= 0.6 is 22.9 Å². The Hall–Kier alpha value is -1.93. The van der Waals surface area contributed by atoms with Crippen LogP contribution in [0.2, 0.25) is 5.02 Å². The summed E-state index contributed by atoms with van der Waals surface area (Å²) in [6.45, 7) is 4.99. The van der Waals surface area contributed by atoms with Gasteiger partial charge in [-0.15, -0.1) is 11.3 Å². The third-order valence-electron chi connectivity index (χ3n) is 5.22. The number of nitrogens with zero attached hydrogens (tertiary/aromatic N) is 2. The minimum Gasteiger partial charge on any atom is -0.380 e. The molecule has 0 aliphatic carbocycles. The number of halogens is 1. The molecule has 2 heterocycles. The second-order valence-corrected chi connectivity index (χ2v) is 11.1. The van der Waals surface area contributed by atoms with E-state index in [-0.39, 0.29) is 16.7 Å². The van der Waals surface area contributed by atoms with Crippen LogP contribution in [0.15, 0.2) is 58.9 Å². The van der Waals surface area contributed by atoms with Gasteiger partial charge < -0.3 is 5.32 Å². The number of anilines is 1. The molecule has 3 aromatic rings. The molecule has 158 valence electrons. The van der Waals surface area contributed by atoms with Gasteiger partial charge in [0.2, 0.25) is 0 Å². The molecule has 30 heavy (non-hydrogen) atoms. The van der Waals surface area contributed by atoms with Gasteiger partial charge in [0.25, 0.3) is 0 Å². The maximum absolute atomic E-state index is 12.6. The molecule has 0 unspecified atom stereocenters. The van der Waals surface area contributed by atoms with Crippen molar-refractivity contribution >= 4 is 38.5 Å². The van der Waals surface area contributed by atoms with Gasteiger partial charge in [0.05, 0.1) is 15.6 Å². The molecular weight excluding hydrogens is 438 g/mol. The van der Waals surface area contributed by atoms with Crippen LogP contribution in [0, 0.1) is 6.92 Å². The Kier molecular flexibility index (Phi) is 6.43. The van der Waals surface area contributed by atoms with E-state index in [1.165, 1.54) is 28.5 Å². The minimum absolute atomic E-state index is 0.107. The van der Waals surface area contributed by atoms with Crippen molar-refractivity contribution in [3.63, 3.8) is 0 Å². The van der Waals surface area contributed by atoms with Crippen molar-refractivity contribution in [2.45, 2.75) is 36.6 Å². The number of hydrogen-bond acceptors (Lipinski definition) is 6. The van der Waals surface area contributed by atoms with Crippen molar-refractivity contribution in [1.29, 1.82) is 0 Å². The van der Waals surface area contributed by atoms with E-state index < -0.39 is 9.84 Å². The zero-order valence-electron chi connectivity index (χ0n) is 16.7. The Bertz CT molecular complexity index is 1120. The first-order valence-electron chi connectivity index (χ1n) is 9.84. The smallest absolute Gasteiger partial charge is 0.184 e. The van der Waals surface area contributed by atoms with Crippen LogP contribution in [0.3, 0.4) is 0 Å². The Balaban J connectivity index is 1.38. The van der Waals surface area contributed by atoms with Crippen molar-refractivity contribution in [3.05, 3.63) is 75.2 Å². The number of benzene rings is 2. The number of likely N-dealkylation sites (tertiary alicyclic amines) is 1. The van der Waals surface area contributed by atoms with Crippen molar-refractivity contribution in [3.8, 4) is 0 Å². The number of thiazole rings is 1. The van der Waals surface area contributed by atoms with E-state index in [0.29, 0.717) is 10.0 Å². The molecule has 1 N–H and O–H groups in total. The molecule has 0 spiro atoms. The van der Waals surface area contributed by atoms with Crippen molar-refractivity contribution < 1.29 is 8.42 Å². The number of aromatic nitrogens is 1. The van der Waals surface area contributed by atoms with Crippen LogP contribution in [-0.2, 0) is 22.1 Å². The van der Waals surface area contributed by atoms with Crippen molar-refractivity contribution in [2.75, 3.05) is 18.4 Å². The van der Waals surface area contributed by atoms with E-state index >= 15 is 0 Å². The number of hydrogen-bond donors (Lipinski definition) is 1. The molecule has 0 radical (unpaired) electrons. The lowest BCUT2D eigenvalue weighted by atomic mass is 10.1. The summed E-state index contributed by atoms with van der Waals surface area (Å²) in [6, 6.07) is 13.8. The highest BCUT2D eigenvalue weighted by Gasteiger charge is 2.24. The van der Waals surface area contributed by atoms with Crippen molar-refractivity contribution in [1.82, 2.24) is 9.88 Å². The molecule has 0 saturated carbocycles. The lowest BCUT2D eigenvalue weighted by molar-refractivity contribution is 0.328. The van der Waals surface area contributed by atoms with Gasteiger partial charge >= 0.3 is 0 Å². The summed E-state index contributed by atoms with van der Waals surface area (Å²) in [6.07, 6.45) is 2.63. The van der Waals surface area contributed by atoms with Crippen LogP contribution < -0.4 is 5.32 Å². The third kappa shape index (κ3) is 5.21. The normalized spacial score (nSPS) is 17.3. The predicted octanol–water partition coefficient (Wildman–Crippen LogP) is 4.77. The second kappa shape index (κ2) is 9.06. The third-order valence-corrected chi connectivity index (χ3v) is 8.12. The van der Waals surface area contributed by atoms with Gasteiger partial charge in [-0.2, -0.15) is 0 Å². The van der Waals surface area contributed by atoms with Crippen LogP contribution in [0.1, 0.15) is 22.6 Å². The topological polar surface area (TPSA) is 62.3 Å². The van der Waals surface area contributed by atoms with Crippen molar-refractivity contribution in [2.24, 2.45) is 0 Å². The zero-order valence-corrected chi connectivity index (χ0v) is 19.1.